The van der Waals surface area contributed by atoms with Crippen LogP contribution in [0.5, 0.6) is 11.5 Å². The highest BCUT2D eigenvalue weighted by Crippen LogP contribution is 2.43. The van der Waals surface area contributed by atoms with E-state index in [1.807, 2.05) is 12.1 Å². The van der Waals surface area contributed by atoms with E-state index in [-0.39, 0.29) is 19.2 Å². The number of carbonyl (C=O) groups is 3. The first-order chi connectivity index (χ1) is 22.6. The fourth-order valence-corrected chi connectivity index (χ4v) is 7.03. The Labute approximate surface area is 284 Å². The predicted octanol–water partition coefficient (Wildman–Crippen LogP) is 2.18. The Morgan fingerprint density at radius 1 is 1.17 bits per heavy atom. The fourth-order valence-electron chi connectivity index (χ4n) is 5.52. The maximum absolute atomic E-state index is 13.0. The van der Waals surface area contributed by atoms with Gasteiger partial charge < -0.3 is 46.2 Å². The Kier molecular flexibility index (Phi) is 11.8. The summed E-state index contributed by atoms with van der Waals surface area (Å²) in [6, 6.07) is 3.07. The standard InChI is InChI=1S/C30H40BrN9O6S/c1-17(46-24(41)14-35-28(42)20(33)4-2-3-8-32)29(43)39-9-5-18(6-10-39)7-11-40-27-25(26(34)36-15-37-27)38-30(40)47-23-13-22-21(12-19(23)31)44-16-45-22/h12-13,15,17-18,20H,2-11,14,16,32-33H2,1H3,(H,35,42)(H2,34,36,37)/t17?,20-/m0/s1. The molecule has 4 heterocycles. The van der Waals surface area contributed by atoms with E-state index < -0.39 is 24.0 Å². The SMILES string of the molecule is CC(OC(=O)CNC(=O)[C@@H](N)CCCCN)C(=O)N1CCC(CCn2c(Sc3cc4c(cc3Br)OCO4)nc3c(N)ncnc32)CC1. The number of carbonyl (C=O) groups excluding carboxylic acids is 3. The lowest BCUT2D eigenvalue weighted by Crippen LogP contribution is -2.46. The summed E-state index contributed by atoms with van der Waals surface area (Å²) < 4.78 is 19.3. The minimum Gasteiger partial charge on any atom is -0.454 e. The molecule has 3 aromatic rings. The van der Waals surface area contributed by atoms with Crippen LogP contribution in [0.3, 0.4) is 0 Å². The van der Waals surface area contributed by atoms with Gasteiger partial charge in [0.05, 0.1) is 6.04 Å². The lowest BCUT2D eigenvalue weighted by molar-refractivity contribution is -0.159. The van der Waals surface area contributed by atoms with Crippen molar-refractivity contribution in [1.29, 1.82) is 0 Å². The molecule has 0 aliphatic carbocycles. The molecule has 2 amide bonds. The van der Waals surface area contributed by atoms with Gasteiger partial charge in [-0.15, -0.1) is 0 Å². The number of amides is 2. The summed E-state index contributed by atoms with van der Waals surface area (Å²) in [6.45, 7) is 3.64. The number of rotatable bonds is 14. The number of fused-ring (bicyclic) bond motifs is 2. The number of nitrogens with zero attached hydrogens (tertiary/aromatic N) is 5. The normalized spacial score (nSPS) is 15.9. The zero-order valence-corrected chi connectivity index (χ0v) is 28.6. The molecule has 0 radical (unpaired) electrons. The smallest absolute Gasteiger partial charge is 0.326 e. The number of benzene rings is 1. The number of hydrogen-bond acceptors (Lipinski definition) is 13. The summed E-state index contributed by atoms with van der Waals surface area (Å²) >= 11 is 5.10. The summed E-state index contributed by atoms with van der Waals surface area (Å²) in [5, 5.41) is 3.20. The Morgan fingerprint density at radius 3 is 2.66 bits per heavy atom. The third-order valence-electron chi connectivity index (χ3n) is 8.21. The van der Waals surface area contributed by atoms with Crippen molar-refractivity contribution >= 4 is 62.5 Å². The van der Waals surface area contributed by atoms with Crippen LogP contribution in [0.15, 0.2) is 33.0 Å². The van der Waals surface area contributed by atoms with E-state index in [0.29, 0.717) is 67.0 Å². The van der Waals surface area contributed by atoms with Gasteiger partial charge in [0.2, 0.25) is 12.7 Å². The Morgan fingerprint density at radius 2 is 1.91 bits per heavy atom. The molecule has 1 unspecified atom stereocenters. The Hall–Kier alpha value is -3.67. The number of aromatic nitrogens is 4. The second-order valence-electron chi connectivity index (χ2n) is 11.5. The predicted molar refractivity (Wildman–Crippen MR) is 177 cm³/mol. The van der Waals surface area contributed by atoms with Gasteiger partial charge >= 0.3 is 5.97 Å². The molecule has 254 valence electrons. The van der Waals surface area contributed by atoms with Crippen molar-refractivity contribution in [3.63, 3.8) is 0 Å². The summed E-state index contributed by atoms with van der Waals surface area (Å²) in [6.07, 6.45) is 4.88. The third kappa shape index (κ3) is 8.63. The number of ether oxygens (including phenoxy) is 3. The summed E-state index contributed by atoms with van der Waals surface area (Å²) in [4.78, 5) is 53.5. The number of nitrogens with two attached hydrogens (primary N) is 3. The van der Waals surface area contributed by atoms with Gasteiger partial charge in [0.1, 0.15) is 12.9 Å². The molecule has 1 fully saturated rings. The Bertz CT molecular complexity index is 1600. The quantitative estimate of drug-likeness (QED) is 0.138. The molecule has 2 atom stereocenters. The Balaban J connectivity index is 1.12. The van der Waals surface area contributed by atoms with Crippen LogP contribution in [-0.4, -0.2) is 87.3 Å². The zero-order valence-electron chi connectivity index (χ0n) is 26.2. The van der Waals surface area contributed by atoms with Crippen LogP contribution in [0, 0.1) is 5.92 Å². The molecule has 15 nitrogen and oxygen atoms in total. The molecule has 0 bridgehead atoms. The van der Waals surface area contributed by atoms with Crippen molar-refractivity contribution in [2.75, 3.05) is 38.7 Å². The van der Waals surface area contributed by atoms with Crippen LogP contribution >= 0.6 is 27.7 Å². The number of esters is 1. The monoisotopic (exact) mass is 733 g/mol. The number of hydrogen-bond donors (Lipinski definition) is 4. The lowest BCUT2D eigenvalue weighted by Gasteiger charge is -2.33. The second kappa shape index (κ2) is 16.0. The number of nitrogens with one attached hydrogen (secondary N) is 1. The van der Waals surface area contributed by atoms with Gasteiger partial charge in [0.25, 0.3) is 5.91 Å². The number of imidazole rings is 1. The molecule has 0 saturated carbocycles. The zero-order chi connectivity index (χ0) is 33.5. The van der Waals surface area contributed by atoms with Gasteiger partial charge in [-0.05, 0) is 79.6 Å². The molecule has 2 aromatic heterocycles. The van der Waals surface area contributed by atoms with Crippen LogP contribution in [-0.2, 0) is 25.7 Å². The highest BCUT2D eigenvalue weighted by molar-refractivity contribution is 9.10. The molecule has 2 aliphatic rings. The summed E-state index contributed by atoms with van der Waals surface area (Å²) in [7, 11) is 0. The minimum absolute atomic E-state index is 0.181. The minimum atomic E-state index is -0.966. The van der Waals surface area contributed by atoms with E-state index in [4.69, 9.17) is 36.4 Å². The summed E-state index contributed by atoms with van der Waals surface area (Å²) in [5.74, 6) is 0.625. The van der Waals surface area contributed by atoms with Crippen molar-refractivity contribution < 1.29 is 28.6 Å². The van der Waals surface area contributed by atoms with E-state index in [2.05, 4.69) is 35.8 Å². The van der Waals surface area contributed by atoms with E-state index in [1.165, 1.54) is 18.1 Å². The number of anilines is 1. The molecule has 1 saturated heterocycles. The molecule has 5 rings (SSSR count). The molecule has 7 N–H and O–H groups in total. The van der Waals surface area contributed by atoms with Gasteiger partial charge in [-0.1, -0.05) is 18.2 Å². The van der Waals surface area contributed by atoms with Crippen molar-refractivity contribution in [2.45, 2.75) is 74.2 Å². The molecule has 2 aliphatic heterocycles. The van der Waals surface area contributed by atoms with Gasteiger partial charge in [-0.2, -0.15) is 0 Å². The van der Waals surface area contributed by atoms with Crippen molar-refractivity contribution in [2.24, 2.45) is 17.4 Å². The second-order valence-corrected chi connectivity index (χ2v) is 13.4. The van der Waals surface area contributed by atoms with Gasteiger partial charge in [-0.25, -0.2) is 15.0 Å². The number of unbranched alkanes of at least 4 members (excludes halogenated alkanes) is 1. The van der Waals surface area contributed by atoms with Crippen LogP contribution in [0.25, 0.3) is 11.2 Å². The van der Waals surface area contributed by atoms with Gasteiger partial charge in [0, 0.05) is 29.0 Å². The molecular weight excluding hydrogens is 694 g/mol. The average molecular weight is 735 g/mol. The van der Waals surface area contributed by atoms with Gasteiger partial charge in [-0.3, -0.25) is 14.4 Å². The summed E-state index contributed by atoms with van der Waals surface area (Å²) in [5.41, 5.74) is 18.7. The molecule has 47 heavy (non-hydrogen) atoms. The highest BCUT2D eigenvalue weighted by Gasteiger charge is 2.29. The van der Waals surface area contributed by atoms with Crippen molar-refractivity contribution in [3.8, 4) is 11.5 Å². The van der Waals surface area contributed by atoms with Crippen LogP contribution < -0.4 is 32.0 Å². The maximum Gasteiger partial charge on any atom is 0.326 e. The van der Waals surface area contributed by atoms with Crippen LogP contribution in [0.4, 0.5) is 5.82 Å². The number of aryl methyl sites for hydroxylation is 1. The number of halogens is 1. The van der Waals surface area contributed by atoms with Crippen molar-refractivity contribution in [1.82, 2.24) is 29.7 Å². The van der Waals surface area contributed by atoms with E-state index >= 15 is 0 Å². The fraction of sp³-hybridized carbons (Fsp3) is 0.533. The molecule has 1 aromatic carbocycles. The van der Waals surface area contributed by atoms with Crippen LogP contribution in [0.2, 0.25) is 0 Å². The topological polar surface area (TPSA) is 216 Å². The largest absolute Gasteiger partial charge is 0.454 e. The van der Waals surface area contributed by atoms with E-state index in [9.17, 15) is 14.4 Å². The van der Waals surface area contributed by atoms with E-state index in [1.54, 1.807) is 11.8 Å². The highest BCUT2D eigenvalue weighted by atomic mass is 79.9. The number of piperidine rings is 1. The molecular formula is C30H40BrN9O6S. The number of likely N-dealkylation sites (tertiary alicyclic amines) is 1. The van der Waals surface area contributed by atoms with E-state index in [0.717, 1.165) is 46.6 Å². The lowest BCUT2D eigenvalue weighted by atomic mass is 9.93. The third-order valence-corrected chi connectivity index (χ3v) is 10.2. The number of nitrogen functional groups attached to an aromatic ring is 1. The first-order valence-corrected chi connectivity index (χ1v) is 17.2. The molecule has 17 heteroatoms. The first-order valence-electron chi connectivity index (χ1n) is 15.6. The molecule has 0 spiro atoms. The van der Waals surface area contributed by atoms with Crippen LogP contribution in [0.1, 0.15) is 45.4 Å². The van der Waals surface area contributed by atoms with Crippen molar-refractivity contribution in [3.05, 3.63) is 22.9 Å². The average Bonchev–Trinajstić information content (AvgIpc) is 3.67. The van der Waals surface area contributed by atoms with Gasteiger partial charge in [0.15, 0.2) is 39.7 Å². The first kappa shape index (κ1) is 34.7. The maximum atomic E-state index is 13.0.